The van der Waals surface area contributed by atoms with Crippen LogP contribution < -0.4 is 5.32 Å². The number of amides is 1. The van der Waals surface area contributed by atoms with Crippen LogP contribution >= 0.6 is 39.1 Å². The molecule has 0 atom stereocenters. The van der Waals surface area contributed by atoms with Crippen molar-refractivity contribution in [3.63, 3.8) is 0 Å². The maximum Gasteiger partial charge on any atom is 0.228 e. The molecule has 0 aliphatic rings. The number of hydrogen-bond donors (Lipinski definition) is 1. The van der Waals surface area contributed by atoms with Gasteiger partial charge in [0.05, 0.1) is 16.5 Å². The van der Waals surface area contributed by atoms with Gasteiger partial charge in [-0.15, -0.1) is 0 Å². The van der Waals surface area contributed by atoms with Crippen LogP contribution in [0.2, 0.25) is 10.0 Å². The molecule has 2 rings (SSSR count). The van der Waals surface area contributed by atoms with Gasteiger partial charge in [0.25, 0.3) is 0 Å². The van der Waals surface area contributed by atoms with Crippen LogP contribution in [0, 0.1) is 0 Å². The summed E-state index contributed by atoms with van der Waals surface area (Å²) < 4.78 is 0.917. The molecule has 0 bridgehead atoms. The molecule has 0 spiro atoms. The minimum absolute atomic E-state index is 0.100. The van der Waals surface area contributed by atoms with Gasteiger partial charge in [-0.3, -0.25) is 4.79 Å². The fraction of sp³-hybridized carbons (Fsp3) is 0.0714. The topological polar surface area (TPSA) is 29.1 Å². The van der Waals surface area contributed by atoms with Crippen LogP contribution in [0.15, 0.2) is 46.9 Å². The highest BCUT2D eigenvalue weighted by Crippen LogP contribution is 2.23. The molecule has 19 heavy (non-hydrogen) atoms. The zero-order valence-corrected chi connectivity index (χ0v) is 12.9. The molecule has 0 fully saturated rings. The van der Waals surface area contributed by atoms with Gasteiger partial charge in [-0.25, -0.2) is 0 Å². The monoisotopic (exact) mass is 357 g/mol. The molecule has 2 aromatic carbocycles. The van der Waals surface area contributed by atoms with Crippen LogP contribution in [-0.4, -0.2) is 5.91 Å². The van der Waals surface area contributed by atoms with Crippen LogP contribution in [0.3, 0.4) is 0 Å². The van der Waals surface area contributed by atoms with Crippen molar-refractivity contribution in [3.8, 4) is 0 Å². The summed E-state index contributed by atoms with van der Waals surface area (Å²) in [5.74, 6) is -0.100. The third-order valence-electron chi connectivity index (χ3n) is 2.46. The van der Waals surface area contributed by atoms with E-state index in [-0.39, 0.29) is 12.3 Å². The first-order valence-corrected chi connectivity index (χ1v) is 7.09. The van der Waals surface area contributed by atoms with Gasteiger partial charge in [-0.2, -0.15) is 0 Å². The molecule has 5 heteroatoms. The Bertz CT molecular complexity index is 616. The van der Waals surface area contributed by atoms with Crippen molar-refractivity contribution in [1.82, 2.24) is 0 Å². The van der Waals surface area contributed by atoms with Gasteiger partial charge in [0.15, 0.2) is 0 Å². The minimum Gasteiger partial charge on any atom is -0.326 e. The summed E-state index contributed by atoms with van der Waals surface area (Å²) in [4.78, 5) is 11.9. The van der Waals surface area contributed by atoms with Crippen molar-refractivity contribution >= 4 is 50.7 Å². The fourth-order valence-corrected chi connectivity index (χ4v) is 2.33. The average Bonchev–Trinajstić information content (AvgIpc) is 2.34. The van der Waals surface area contributed by atoms with E-state index in [1.54, 1.807) is 18.2 Å². The number of carbonyl (C=O) groups excluding carboxylic acids is 1. The second-order valence-corrected chi connectivity index (χ2v) is 5.71. The Morgan fingerprint density at radius 2 is 1.89 bits per heavy atom. The molecule has 98 valence electrons. The van der Waals surface area contributed by atoms with Crippen LogP contribution in [0.25, 0.3) is 0 Å². The summed E-state index contributed by atoms with van der Waals surface area (Å²) in [6.07, 6.45) is 0.253. The van der Waals surface area contributed by atoms with E-state index in [2.05, 4.69) is 21.2 Å². The van der Waals surface area contributed by atoms with Gasteiger partial charge < -0.3 is 5.32 Å². The molecule has 0 aliphatic carbocycles. The van der Waals surface area contributed by atoms with E-state index in [4.69, 9.17) is 23.2 Å². The maximum atomic E-state index is 11.9. The summed E-state index contributed by atoms with van der Waals surface area (Å²) >= 11 is 15.1. The summed E-state index contributed by atoms with van der Waals surface area (Å²) in [5, 5.41) is 3.76. The number of hydrogen-bond acceptors (Lipinski definition) is 1. The Kier molecular flexibility index (Phi) is 4.86. The lowest BCUT2D eigenvalue weighted by molar-refractivity contribution is -0.115. The van der Waals surface area contributed by atoms with Crippen LogP contribution in [-0.2, 0) is 11.2 Å². The second kappa shape index (κ2) is 6.42. The highest BCUT2D eigenvalue weighted by Gasteiger charge is 2.06. The van der Waals surface area contributed by atoms with E-state index in [1.165, 1.54) is 0 Å². The molecule has 2 aromatic rings. The summed E-state index contributed by atoms with van der Waals surface area (Å²) in [7, 11) is 0. The largest absolute Gasteiger partial charge is 0.326 e. The third-order valence-corrected chi connectivity index (χ3v) is 3.69. The Morgan fingerprint density at radius 3 is 2.58 bits per heavy atom. The molecular weight excluding hydrogens is 349 g/mol. The third kappa shape index (κ3) is 4.23. The Hall–Kier alpha value is -1.03. The molecule has 0 aliphatic heterocycles. The molecule has 1 N–H and O–H groups in total. The molecule has 0 radical (unpaired) electrons. The van der Waals surface area contributed by atoms with Crippen molar-refractivity contribution in [2.24, 2.45) is 0 Å². The van der Waals surface area contributed by atoms with Crippen molar-refractivity contribution < 1.29 is 4.79 Å². The van der Waals surface area contributed by atoms with Crippen molar-refractivity contribution in [2.45, 2.75) is 6.42 Å². The summed E-state index contributed by atoms with van der Waals surface area (Å²) in [6.45, 7) is 0. The van der Waals surface area contributed by atoms with E-state index >= 15 is 0 Å². The van der Waals surface area contributed by atoms with Gasteiger partial charge in [0.2, 0.25) is 5.91 Å². The molecule has 0 saturated carbocycles. The molecule has 0 heterocycles. The molecule has 0 unspecified atom stereocenters. The number of benzene rings is 2. The summed E-state index contributed by atoms with van der Waals surface area (Å²) in [6, 6.07) is 12.6. The van der Waals surface area contributed by atoms with Gasteiger partial charge in [0.1, 0.15) is 0 Å². The van der Waals surface area contributed by atoms with E-state index < -0.39 is 0 Å². The van der Waals surface area contributed by atoms with Crippen LogP contribution in [0.4, 0.5) is 5.69 Å². The van der Waals surface area contributed by atoms with E-state index in [9.17, 15) is 4.79 Å². The SMILES string of the molecule is O=C(Cc1ccc(Cl)c(Cl)c1)Nc1cccc(Br)c1. The highest BCUT2D eigenvalue weighted by atomic mass is 79.9. The highest BCUT2D eigenvalue weighted by molar-refractivity contribution is 9.10. The summed E-state index contributed by atoms with van der Waals surface area (Å²) in [5.41, 5.74) is 1.57. The molecule has 1 amide bonds. The predicted octanol–water partition coefficient (Wildman–Crippen LogP) is 4.94. The number of nitrogens with one attached hydrogen (secondary N) is 1. The maximum absolute atomic E-state index is 11.9. The molecular formula is C14H10BrCl2NO. The quantitative estimate of drug-likeness (QED) is 0.827. The van der Waals surface area contributed by atoms with Gasteiger partial charge >= 0.3 is 0 Å². The smallest absolute Gasteiger partial charge is 0.228 e. The standard InChI is InChI=1S/C14H10BrCl2NO/c15-10-2-1-3-11(8-10)18-14(19)7-9-4-5-12(16)13(17)6-9/h1-6,8H,7H2,(H,18,19). The zero-order chi connectivity index (χ0) is 13.8. The Morgan fingerprint density at radius 1 is 1.11 bits per heavy atom. The Balaban J connectivity index is 2.03. The lowest BCUT2D eigenvalue weighted by Gasteiger charge is -2.06. The first-order valence-electron chi connectivity index (χ1n) is 5.54. The first kappa shape index (κ1) is 14.4. The number of anilines is 1. The second-order valence-electron chi connectivity index (χ2n) is 3.98. The van der Waals surface area contributed by atoms with Gasteiger partial charge in [-0.05, 0) is 35.9 Å². The van der Waals surface area contributed by atoms with Crippen LogP contribution in [0.1, 0.15) is 5.56 Å². The molecule has 0 saturated heterocycles. The number of rotatable bonds is 3. The normalized spacial score (nSPS) is 10.3. The zero-order valence-electron chi connectivity index (χ0n) is 9.79. The van der Waals surface area contributed by atoms with Crippen molar-refractivity contribution in [3.05, 3.63) is 62.5 Å². The number of carbonyl (C=O) groups is 1. The lowest BCUT2D eigenvalue weighted by atomic mass is 10.1. The molecule has 0 aromatic heterocycles. The predicted molar refractivity (Wildman–Crippen MR) is 82.9 cm³/mol. The molecule has 2 nitrogen and oxygen atoms in total. The van der Waals surface area contributed by atoms with Gasteiger partial charge in [-0.1, -0.05) is 51.3 Å². The van der Waals surface area contributed by atoms with E-state index in [0.29, 0.717) is 10.0 Å². The lowest BCUT2D eigenvalue weighted by Crippen LogP contribution is -2.14. The van der Waals surface area contributed by atoms with Crippen LogP contribution in [0.5, 0.6) is 0 Å². The van der Waals surface area contributed by atoms with Gasteiger partial charge in [0, 0.05) is 10.2 Å². The Labute approximate surface area is 129 Å². The van der Waals surface area contributed by atoms with E-state index in [1.807, 2.05) is 24.3 Å². The van der Waals surface area contributed by atoms with Crippen molar-refractivity contribution in [2.75, 3.05) is 5.32 Å². The average molecular weight is 359 g/mol. The first-order chi connectivity index (χ1) is 9.04. The fourth-order valence-electron chi connectivity index (χ4n) is 1.61. The van der Waals surface area contributed by atoms with Crippen molar-refractivity contribution in [1.29, 1.82) is 0 Å². The number of halogens is 3. The minimum atomic E-state index is -0.100. The van der Waals surface area contributed by atoms with E-state index in [0.717, 1.165) is 15.7 Å².